The number of anilines is 2. The zero-order valence-corrected chi connectivity index (χ0v) is 26.3. The maximum Gasteiger partial charge on any atom is 0.273 e. The number of aliphatic hydroxyl groups is 1. The number of aromatic nitrogens is 2. The van der Waals surface area contributed by atoms with Crippen LogP contribution in [0.3, 0.4) is 0 Å². The van der Waals surface area contributed by atoms with Gasteiger partial charge >= 0.3 is 0 Å². The summed E-state index contributed by atoms with van der Waals surface area (Å²) in [6, 6.07) is 8.39. The number of aliphatic hydroxyl groups excluding tert-OH is 1. The Bertz CT molecular complexity index is 1330. The predicted octanol–water partition coefficient (Wildman–Crippen LogP) is 1.74. The monoisotopic (exact) mass is 642 g/mol. The lowest BCUT2D eigenvalue weighted by Gasteiger charge is -2.48. The van der Waals surface area contributed by atoms with E-state index >= 15 is 0 Å². The second kappa shape index (κ2) is 14.5. The van der Waals surface area contributed by atoms with Gasteiger partial charge in [0.25, 0.3) is 5.91 Å². The van der Waals surface area contributed by atoms with Crippen LogP contribution in [0, 0.1) is 0 Å². The second-order valence-corrected chi connectivity index (χ2v) is 13.4. The van der Waals surface area contributed by atoms with Gasteiger partial charge in [-0.25, -0.2) is 23.1 Å². The number of amides is 1. The molecular weight excluding hydrogens is 603 g/mol. The van der Waals surface area contributed by atoms with E-state index in [1.165, 1.54) is 0 Å². The topological polar surface area (TPSA) is 157 Å². The summed E-state index contributed by atoms with van der Waals surface area (Å²) in [5, 5.41) is 13.5. The summed E-state index contributed by atoms with van der Waals surface area (Å²) in [7, 11) is -3.36. The van der Waals surface area contributed by atoms with Crippen LogP contribution in [0.15, 0.2) is 24.3 Å². The highest BCUT2D eigenvalue weighted by molar-refractivity contribution is 7.88. The van der Waals surface area contributed by atoms with Crippen LogP contribution in [0.4, 0.5) is 11.6 Å². The van der Waals surface area contributed by atoms with Crippen LogP contribution in [0.2, 0.25) is 10.2 Å². The molecule has 5 N–H and O–H groups in total. The van der Waals surface area contributed by atoms with E-state index in [9.17, 15) is 18.3 Å². The van der Waals surface area contributed by atoms with Gasteiger partial charge in [0.05, 0.1) is 18.9 Å². The number of carbonyl (C=O) groups is 1. The van der Waals surface area contributed by atoms with Crippen molar-refractivity contribution in [2.45, 2.75) is 44.3 Å². The molecule has 0 bridgehead atoms. The maximum absolute atomic E-state index is 12.6. The average molecular weight is 644 g/mol. The fourth-order valence-electron chi connectivity index (χ4n) is 5.83. The van der Waals surface area contributed by atoms with Crippen molar-refractivity contribution >= 4 is 50.8 Å². The molecule has 0 saturated carbocycles. The van der Waals surface area contributed by atoms with E-state index < -0.39 is 15.9 Å². The van der Waals surface area contributed by atoms with Crippen LogP contribution >= 0.6 is 23.2 Å². The van der Waals surface area contributed by atoms with Gasteiger partial charge in [-0.05, 0) is 37.0 Å². The van der Waals surface area contributed by atoms with Crippen LogP contribution in [0.25, 0.3) is 0 Å². The molecule has 12 nitrogen and oxygen atoms in total. The Hall–Kier alpha value is -2.26. The molecule has 0 unspecified atom stereocenters. The number of nitrogens with one attached hydrogen (secondary N) is 2. The first-order chi connectivity index (χ1) is 20.0. The molecular formula is C27H40Cl2N8O4S. The number of hydrogen-bond donors (Lipinski definition) is 4. The summed E-state index contributed by atoms with van der Waals surface area (Å²) in [5.74, 6) is -0.165. The van der Waals surface area contributed by atoms with Crippen molar-refractivity contribution in [3.63, 3.8) is 0 Å². The molecule has 0 aliphatic carbocycles. The third-order valence-corrected chi connectivity index (χ3v) is 9.22. The van der Waals surface area contributed by atoms with Crippen molar-refractivity contribution in [3.05, 3.63) is 45.7 Å². The van der Waals surface area contributed by atoms with Crippen molar-refractivity contribution in [3.8, 4) is 0 Å². The van der Waals surface area contributed by atoms with Crippen molar-refractivity contribution in [2.75, 3.05) is 69.3 Å². The van der Waals surface area contributed by atoms with E-state index in [-0.39, 0.29) is 48.4 Å². The first kappa shape index (κ1) is 32.6. The van der Waals surface area contributed by atoms with Crippen LogP contribution < -0.4 is 20.7 Å². The van der Waals surface area contributed by atoms with Gasteiger partial charge < -0.3 is 21.1 Å². The molecule has 4 rings (SSSR count). The van der Waals surface area contributed by atoms with Gasteiger partial charge in [0.2, 0.25) is 10.0 Å². The van der Waals surface area contributed by atoms with Crippen molar-refractivity contribution in [1.82, 2.24) is 29.8 Å². The SMILES string of the molecule is CC[C@H]1CN(c2nc(N)c(C(=O)NCCNS(C)(=O)=O)nc2Cl)CCN1C1CCN([C@H](CO)c2ccc(Cl)cc2)CC1. The third-order valence-electron chi connectivity index (χ3n) is 7.99. The number of rotatable bonds is 11. The first-order valence-electron chi connectivity index (χ1n) is 14.2. The number of piperazine rings is 1. The number of hydrogen-bond acceptors (Lipinski definition) is 10. The molecule has 2 saturated heterocycles. The van der Waals surface area contributed by atoms with Gasteiger partial charge in [-0.2, -0.15) is 0 Å². The second-order valence-electron chi connectivity index (χ2n) is 10.8. The van der Waals surface area contributed by atoms with E-state index in [2.05, 4.69) is 41.6 Å². The molecule has 42 heavy (non-hydrogen) atoms. The maximum atomic E-state index is 12.6. The Morgan fingerprint density at radius 2 is 1.81 bits per heavy atom. The molecule has 1 aromatic carbocycles. The number of nitrogen functional groups attached to an aromatic ring is 1. The Labute approximate surface area is 257 Å². The standard InChI is InChI=1S/C27H40Cl2N8O4S/c1-3-20-16-36(26-24(29)33-23(25(30)34-26)27(39)31-10-11-32-42(2,40)41)14-15-37(20)21-8-12-35(13-9-21)22(17-38)18-4-6-19(28)7-5-18/h4-7,20-22,32,38H,3,8-17H2,1-2H3,(H2,30,34)(H,31,39)/t20-,22+/m0/s1. The lowest BCUT2D eigenvalue weighted by molar-refractivity contribution is 0.0356. The molecule has 15 heteroatoms. The van der Waals surface area contributed by atoms with Gasteiger partial charge in [0.1, 0.15) is 0 Å². The number of piperidine rings is 1. The van der Waals surface area contributed by atoms with Gasteiger partial charge in [0, 0.05) is 62.9 Å². The molecule has 2 fully saturated rings. The van der Waals surface area contributed by atoms with E-state index in [1.807, 2.05) is 24.3 Å². The Kier molecular flexibility index (Phi) is 11.3. The van der Waals surface area contributed by atoms with Crippen LogP contribution in [-0.2, 0) is 10.0 Å². The number of nitrogens with two attached hydrogens (primary N) is 1. The summed E-state index contributed by atoms with van der Waals surface area (Å²) < 4.78 is 24.7. The minimum absolute atomic E-state index is 0.0371. The van der Waals surface area contributed by atoms with Gasteiger partial charge in [0.15, 0.2) is 22.5 Å². The zero-order chi connectivity index (χ0) is 30.4. The molecule has 1 aromatic heterocycles. The normalized spacial score (nSPS) is 20.0. The number of nitrogens with zero attached hydrogens (tertiary/aromatic N) is 5. The molecule has 232 valence electrons. The van der Waals surface area contributed by atoms with Crippen molar-refractivity contribution in [1.29, 1.82) is 0 Å². The Morgan fingerprint density at radius 1 is 1.12 bits per heavy atom. The van der Waals surface area contributed by atoms with Crippen LogP contribution in [0.5, 0.6) is 0 Å². The number of benzene rings is 1. The highest BCUT2D eigenvalue weighted by Gasteiger charge is 2.35. The number of halogens is 2. The lowest BCUT2D eigenvalue weighted by Crippen LogP contribution is -2.58. The minimum Gasteiger partial charge on any atom is -0.394 e. The van der Waals surface area contributed by atoms with E-state index in [1.54, 1.807) is 0 Å². The number of sulfonamides is 1. The summed E-state index contributed by atoms with van der Waals surface area (Å²) in [6.07, 6.45) is 4.01. The highest BCUT2D eigenvalue weighted by atomic mass is 35.5. The van der Waals surface area contributed by atoms with Crippen LogP contribution in [-0.4, -0.2) is 110 Å². The third kappa shape index (κ3) is 8.22. The molecule has 2 aromatic rings. The van der Waals surface area contributed by atoms with Gasteiger partial charge in [-0.1, -0.05) is 42.3 Å². The molecule has 3 heterocycles. The molecule has 2 atom stereocenters. The van der Waals surface area contributed by atoms with E-state index in [0.717, 1.165) is 50.7 Å². The first-order valence-corrected chi connectivity index (χ1v) is 16.8. The Morgan fingerprint density at radius 3 is 2.43 bits per heavy atom. The lowest BCUT2D eigenvalue weighted by atomic mass is 9.96. The largest absolute Gasteiger partial charge is 0.394 e. The summed E-state index contributed by atoms with van der Waals surface area (Å²) in [6.45, 7) is 6.36. The summed E-state index contributed by atoms with van der Waals surface area (Å²) in [4.78, 5) is 28.2. The minimum atomic E-state index is -3.36. The van der Waals surface area contributed by atoms with Crippen LogP contribution in [0.1, 0.15) is 48.3 Å². The summed E-state index contributed by atoms with van der Waals surface area (Å²) in [5.41, 5.74) is 7.09. The molecule has 2 aliphatic rings. The van der Waals surface area contributed by atoms with E-state index in [0.29, 0.717) is 30.0 Å². The Balaban J connectivity index is 1.35. The average Bonchev–Trinajstić information content (AvgIpc) is 2.97. The fourth-order valence-corrected chi connectivity index (χ4v) is 6.68. The highest BCUT2D eigenvalue weighted by Crippen LogP contribution is 2.31. The van der Waals surface area contributed by atoms with Gasteiger partial charge in [-0.15, -0.1) is 0 Å². The molecule has 0 radical (unpaired) electrons. The smallest absolute Gasteiger partial charge is 0.273 e. The van der Waals surface area contributed by atoms with Gasteiger partial charge in [-0.3, -0.25) is 14.6 Å². The number of carbonyl (C=O) groups excluding carboxylic acids is 1. The number of likely N-dealkylation sites (tertiary alicyclic amines) is 1. The zero-order valence-electron chi connectivity index (χ0n) is 24.0. The van der Waals surface area contributed by atoms with Crippen molar-refractivity contribution in [2.24, 2.45) is 0 Å². The van der Waals surface area contributed by atoms with E-state index in [4.69, 9.17) is 28.9 Å². The van der Waals surface area contributed by atoms with Crippen molar-refractivity contribution < 1.29 is 18.3 Å². The molecule has 2 aliphatic heterocycles. The molecule has 1 amide bonds. The predicted molar refractivity (Wildman–Crippen MR) is 166 cm³/mol. The molecule has 0 spiro atoms. The fraction of sp³-hybridized carbons (Fsp3) is 0.593. The summed E-state index contributed by atoms with van der Waals surface area (Å²) >= 11 is 12.6. The quantitative estimate of drug-likeness (QED) is 0.266.